The molecule has 0 atom stereocenters. The third-order valence-corrected chi connectivity index (χ3v) is 1.11. The highest BCUT2D eigenvalue weighted by molar-refractivity contribution is 4.47. The number of alkyl halides is 3. The molecule has 0 heterocycles. The average Bonchev–Trinajstić information content (AvgIpc) is 2.00. The molecular formula is C9H19F3O. The largest absolute Gasteiger partial charge is 0.411 e. The fourth-order valence-electron chi connectivity index (χ4n) is 0.507. The van der Waals surface area contributed by atoms with Crippen LogP contribution in [0.1, 0.15) is 34.1 Å². The lowest BCUT2D eigenvalue weighted by Gasteiger charge is -2.08. The first-order chi connectivity index (χ1) is 5.92. The van der Waals surface area contributed by atoms with Gasteiger partial charge in [-0.1, -0.05) is 27.7 Å². The smallest absolute Gasteiger partial charge is 0.372 e. The average molecular weight is 200 g/mol. The van der Waals surface area contributed by atoms with Crippen LogP contribution in [0.4, 0.5) is 13.2 Å². The van der Waals surface area contributed by atoms with Crippen LogP contribution in [0.2, 0.25) is 0 Å². The van der Waals surface area contributed by atoms with Gasteiger partial charge in [-0.25, -0.2) is 0 Å². The van der Waals surface area contributed by atoms with Gasteiger partial charge in [-0.3, -0.25) is 0 Å². The van der Waals surface area contributed by atoms with Gasteiger partial charge in [0.25, 0.3) is 0 Å². The molecule has 0 fully saturated rings. The molecule has 0 saturated heterocycles. The predicted octanol–water partition coefficient (Wildman–Crippen LogP) is 3.64. The Morgan fingerprint density at radius 2 is 1.62 bits per heavy atom. The second kappa shape index (κ2) is 8.35. The molecule has 0 saturated carbocycles. The molecule has 0 aliphatic carbocycles. The van der Waals surface area contributed by atoms with E-state index in [2.05, 4.69) is 4.74 Å². The van der Waals surface area contributed by atoms with Crippen molar-refractivity contribution in [2.75, 3.05) is 13.2 Å². The zero-order valence-electron chi connectivity index (χ0n) is 8.74. The van der Waals surface area contributed by atoms with Crippen molar-refractivity contribution < 1.29 is 17.9 Å². The first-order valence-electron chi connectivity index (χ1n) is 4.56. The van der Waals surface area contributed by atoms with Gasteiger partial charge in [0.1, 0.15) is 6.61 Å². The minimum atomic E-state index is -4.18. The van der Waals surface area contributed by atoms with E-state index < -0.39 is 12.8 Å². The molecule has 0 aliphatic heterocycles. The van der Waals surface area contributed by atoms with Crippen molar-refractivity contribution in [1.82, 2.24) is 0 Å². The van der Waals surface area contributed by atoms with Crippen LogP contribution in [-0.2, 0) is 4.74 Å². The highest BCUT2D eigenvalue weighted by Crippen LogP contribution is 2.14. The van der Waals surface area contributed by atoms with Gasteiger partial charge in [-0.05, 0) is 12.3 Å². The molecule has 82 valence electrons. The van der Waals surface area contributed by atoms with E-state index in [1.165, 1.54) is 0 Å². The van der Waals surface area contributed by atoms with Gasteiger partial charge in [-0.2, -0.15) is 13.2 Å². The summed E-state index contributed by atoms with van der Waals surface area (Å²) in [6, 6.07) is 0. The van der Waals surface area contributed by atoms with Crippen molar-refractivity contribution >= 4 is 0 Å². The molecule has 0 radical (unpaired) electrons. The van der Waals surface area contributed by atoms with E-state index in [9.17, 15) is 13.2 Å². The third kappa shape index (κ3) is 18.6. The van der Waals surface area contributed by atoms with Crippen molar-refractivity contribution in [1.29, 1.82) is 0 Å². The Morgan fingerprint density at radius 1 is 1.15 bits per heavy atom. The van der Waals surface area contributed by atoms with Crippen LogP contribution in [0.3, 0.4) is 0 Å². The van der Waals surface area contributed by atoms with E-state index in [0.29, 0.717) is 12.3 Å². The molecule has 0 aromatic heterocycles. The summed E-state index contributed by atoms with van der Waals surface area (Å²) in [7, 11) is 0. The Labute approximate surface area is 78.3 Å². The molecule has 0 aliphatic rings. The minimum Gasteiger partial charge on any atom is -0.372 e. The van der Waals surface area contributed by atoms with Crippen molar-refractivity contribution in [3.8, 4) is 0 Å². The summed E-state index contributed by atoms with van der Waals surface area (Å²) < 4.78 is 38.7. The molecule has 1 nitrogen and oxygen atoms in total. The number of halogens is 3. The van der Waals surface area contributed by atoms with Crippen LogP contribution >= 0.6 is 0 Å². The molecule has 0 amide bonds. The standard InChI is InChI=1S/C7H13F3O.C2H6/c1-6(2)3-4-11-5-7(8,9)10;1-2/h6H,3-5H2,1-2H3;1-2H3. The Kier molecular flexibility index (Phi) is 9.79. The van der Waals surface area contributed by atoms with E-state index in [4.69, 9.17) is 0 Å². The molecule has 0 aromatic carbocycles. The van der Waals surface area contributed by atoms with Gasteiger partial charge >= 0.3 is 6.18 Å². The number of ether oxygens (including phenoxy) is 1. The second-order valence-electron chi connectivity index (χ2n) is 2.85. The summed E-state index contributed by atoms with van der Waals surface area (Å²) >= 11 is 0. The first kappa shape index (κ1) is 15.2. The van der Waals surface area contributed by atoms with Crippen LogP contribution in [0.5, 0.6) is 0 Å². The Hall–Kier alpha value is -0.250. The van der Waals surface area contributed by atoms with Crippen molar-refractivity contribution in [3.63, 3.8) is 0 Å². The van der Waals surface area contributed by atoms with E-state index in [1.54, 1.807) is 0 Å². The van der Waals surface area contributed by atoms with Gasteiger partial charge in [0.15, 0.2) is 0 Å². The Bertz CT molecular complexity index is 99.5. The fourth-order valence-corrected chi connectivity index (χ4v) is 0.507. The van der Waals surface area contributed by atoms with Crippen molar-refractivity contribution in [2.45, 2.75) is 40.3 Å². The quantitative estimate of drug-likeness (QED) is 0.629. The van der Waals surface area contributed by atoms with E-state index in [0.717, 1.165) is 0 Å². The van der Waals surface area contributed by atoms with Crippen LogP contribution in [0.25, 0.3) is 0 Å². The van der Waals surface area contributed by atoms with Crippen LogP contribution in [0, 0.1) is 5.92 Å². The minimum absolute atomic E-state index is 0.192. The molecule has 0 rings (SSSR count). The zero-order chi connectivity index (χ0) is 10.9. The molecule has 0 unspecified atom stereocenters. The molecule has 4 heteroatoms. The van der Waals surface area contributed by atoms with Crippen LogP contribution in [-0.4, -0.2) is 19.4 Å². The number of hydrogen-bond acceptors (Lipinski definition) is 1. The summed E-state index contributed by atoms with van der Waals surface area (Å²) in [5, 5.41) is 0. The number of hydrogen-bond donors (Lipinski definition) is 0. The van der Waals surface area contributed by atoms with Crippen molar-refractivity contribution in [2.24, 2.45) is 5.92 Å². The maximum Gasteiger partial charge on any atom is 0.411 e. The molecular weight excluding hydrogens is 181 g/mol. The lowest BCUT2D eigenvalue weighted by molar-refractivity contribution is -0.174. The second-order valence-corrected chi connectivity index (χ2v) is 2.85. The number of rotatable bonds is 4. The maximum absolute atomic E-state index is 11.5. The summed E-state index contributed by atoms with van der Waals surface area (Å²) in [5.74, 6) is 0.392. The maximum atomic E-state index is 11.5. The monoisotopic (exact) mass is 200 g/mol. The highest BCUT2D eigenvalue weighted by Gasteiger charge is 2.27. The summed E-state index contributed by atoms with van der Waals surface area (Å²) in [4.78, 5) is 0. The lowest BCUT2D eigenvalue weighted by Crippen LogP contribution is -2.17. The lowest BCUT2D eigenvalue weighted by atomic mass is 10.1. The van der Waals surface area contributed by atoms with Gasteiger partial charge in [-0.15, -0.1) is 0 Å². The first-order valence-corrected chi connectivity index (χ1v) is 4.56. The molecule has 0 spiro atoms. The van der Waals surface area contributed by atoms with Gasteiger partial charge in [0, 0.05) is 6.61 Å². The summed E-state index contributed by atoms with van der Waals surface area (Å²) in [6.45, 7) is 6.95. The third-order valence-electron chi connectivity index (χ3n) is 1.11. The highest BCUT2D eigenvalue weighted by atomic mass is 19.4. The topological polar surface area (TPSA) is 9.23 Å². The van der Waals surface area contributed by atoms with Gasteiger partial charge < -0.3 is 4.74 Å². The summed E-state index contributed by atoms with van der Waals surface area (Å²) in [6.07, 6.45) is -3.51. The van der Waals surface area contributed by atoms with E-state index in [1.807, 2.05) is 27.7 Å². The fraction of sp³-hybridized carbons (Fsp3) is 1.00. The van der Waals surface area contributed by atoms with Crippen LogP contribution < -0.4 is 0 Å². The molecule has 0 aromatic rings. The SMILES string of the molecule is CC.CC(C)CCOCC(F)(F)F. The van der Waals surface area contributed by atoms with Crippen LogP contribution in [0.15, 0.2) is 0 Å². The zero-order valence-corrected chi connectivity index (χ0v) is 8.74. The normalized spacial score (nSPS) is 11.1. The van der Waals surface area contributed by atoms with Gasteiger partial charge in [0.05, 0.1) is 0 Å². The predicted molar refractivity (Wildman–Crippen MR) is 47.7 cm³/mol. The Morgan fingerprint density at radius 3 is 1.92 bits per heavy atom. The van der Waals surface area contributed by atoms with E-state index in [-0.39, 0.29) is 6.61 Å². The molecule has 0 bridgehead atoms. The Balaban J connectivity index is 0. The van der Waals surface area contributed by atoms with Gasteiger partial charge in [0.2, 0.25) is 0 Å². The summed E-state index contributed by atoms with van der Waals surface area (Å²) in [5.41, 5.74) is 0. The molecule has 0 N–H and O–H groups in total. The van der Waals surface area contributed by atoms with Crippen molar-refractivity contribution in [3.05, 3.63) is 0 Å². The van der Waals surface area contributed by atoms with E-state index >= 15 is 0 Å². The molecule has 13 heavy (non-hydrogen) atoms.